The largest absolute Gasteiger partial charge is 0.353 e. The van der Waals surface area contributed by atoms with Crippen LogP contribution in [0.2, 0.25) is 0 Å². The van der Waals surface area contributed by atoms with Crippen molar-refractivity contribution in [2.45, 2.75) is 38.0 Å². The average molecular weight is 341 g/mol. The molecule has 0 radical (unpaired) electrons. The molecule has 0 saturated carbocycles. The van der Waals surface area contributed by atoms with E-state index < -0.39 is 5.72 Å². The smallest absolute Gasteiger partial charge is 0.259 e. The van der Waals surface area contributed by atoms with Crippen LogP contribution in [0.25, 0.3) is 5.65 Å². The zero-order valence-electron chi connectivity index (χ0n) is 14.0. The number of fused-ring (bicyclic) bond motifs is 1. The molecule has 25 heavy (non-hydrogen) atoms. The van der Waals surface area contributed by atoms with Crippen molar-refractivity contribution < 1.29 is 14.3 Å². The van der Waals surface area contributed by atoms with Gasteiger partial charge >= 0.3 is 0 Å². The fourth-order valence-corrected chi connectivity index (χ4v) is 4.47. The van der Waals surface area contributed by atoms with E-state index in [1.807, 2.05) is 18.0 Å². The van der Waals surface area contributed by atoms with Crippen LogP contribution in [0.15, 0.2) is 18.6 Å². The Bertz CT molecular complexity index is 894. The molecule has 3 aliphatic heterocycles. The Morgan fingerprint density at radius 2 is 2.24 bits per heavy atom. The number of amides is 2. The number of nitrogens with zero attached hydrogens (tertiary/aromatic N) is 5. The number of hydrogen-bond acceptors (Lipinski definition) is 5. The zero-order valence-corrected chi connectivity index (χ0v) is 14.0. The van der Waals surface area contributed by atoms with Gasteiger partial charge in [-0.15, -0.1) is 0 Å². The number of likely N-dealkylation sites (tertiary alicyclic amines) is 1. The van der Waals surface area contributed by atoms with Crippen molar-refractivity contribution in [2.24, 2.45) is 0 Å². The molecular formula is C17H19N5O3. The number of ether oxygens (including phenoxy) is 1. The fourth-order valence-electron chi connectivity index (χ4n) is 4.47. The molecule has 0 aliphatic carbocycles. The molecule has 2 aromatic heterocycles. The Kier molecular flexibility index (Phi) is 2.97. The van der Waals surface area contributed by atoms with Crippen LogP contribution in [-0.4, -0.2) is 67.7 Å². The summed E-state index contributed by atoms with van der Waals surface area (Å²) in [5, 5.41) is 4.25. The lowest BCUT2D eigenvalue weighted by molar-refractivity contribution is -0.179. The predicted octanol–water partition coefficient (Wildman–Crippen LogP) is 0.601. The highest BCUT2D eigenvalue weighted by molar-refractivity contribution is 6.00. The van der Waals surface area contributed by atoms with E-state index in [-0.39, 0.29) is 17.9 Å². The lowest BCUT2D eigenvalue weighted by atomic mass is 10.0. The molecule has 0 bridgehead atoms. The Morgan fingerprint density at radius 3 is 3.12 bits per heavy atom. The lowest BCUT2D eigenvalue weighted by Crippen LogP contribution is -2.56. The molecule has 5 heterocycles. The van der Waals surface area contributed by atoms with E-state index in [9.17, 15) is 9.59 Å². The van der Waals surface area contributed by atoms with E-state index in [0.717, 1.165) is 18.5 Å². The second-order valence-electron chi connectivity index (χ2n) is 7.02. The first kappa shape index (κ1) is 14.8. The van der Waals surface area contributed by atoms with Crippen LogP contribution >= 0.6 is 0 Å². The van der Waals surface area contributed by atoms with E-state index in [4.69, 9.17) is 4.74 Å². The molecule has 8 heteroatoms. The highest BCUT2D eigenvalue weighted by atomic mass is 16.5. The summed E-state index contributed by atoms with van der Waals surface area (Å²) < 4.78 is 7.68. The van der Waals surface area contributed by atoms with Crippen molar-refractivity contribution in [1.82, 2.24) is 24.4 Å². The van der Waals surface area contributed by atoms with Gasteiger partial charge in [-0.25, -0.2) is 9.50 Å². The Morgan fingerprint density at radius 1 is 1.36 bits per heavy atom. The zero-order chi connectivity index (χ0) is 17.2. The SMILES string of the molecule is Cc1cnc2c(C(=O)N3CC[C@@]45OCCCN4C(=O)C[C@@H]35)cnn2c1. The highest BCUT2D eigenvalue weighted by Crippen LogP contribution is 2.45. The van der Waals surface area contributed by atoms with Crippen LogP contribution in [-0.2, 0) is 9.53 Å². The number of carbonyl (C=O) groups excluding carboxylic acids is 2. The van der Waals surface area contributed by atoms with E-state index in [1.165, 1.54) is 0 Å². The topological polar surface area (TPSA) is 80.0 Å². The van der Waals surface area contributed by atoms with E-state index in [0.29, 0.717) is 37.2 Å². The molecule has 0 N–H and O–H groups in total. The minimum atomic E-state index is -0.627. The normalized spacial score (nSPS) is 28.5. The number of aryl methyl sites for hydroxylation is 1. The maximum absolute atomic E-state index is 13.2. The van der Waals surface area contributed by atoms with Crippen LogP contribution in [0, 0.1) is 6.92 Å². The molecule has 3 saturated heterocycles. The minimum Gasteiger partial charge on any atom is -0.353 e. The van der Waals surface area contributed by atoms with E-state index >= 15 is 0 Å². The van der Waals surface area contributed by atoms with Gasteiger partial charge in [-0.2, -0.15) is 5.10 Å². The second kappa shape index (κ2) is 5.01. The van der Waals surface area contributed by atoms with Gasteiger partial charge in [0, 0.05) is 31.9 Å². The van der Waals surface area contributed by atoms with Gasteiger partial charge in [0.15, 0.2) is 11.4 Å². The summed E-state index contributed by atoms with van der Waals surface area (Å²) in [6.45, 7) is 3.87. The van der Waals surface area contributed by atoms with E-state index in [2.05, 4.69) is 10.1 Å². The van der Waals surface area contributed by atoms with Crippen LogP contribution in [0.4, 0.5) is 0 Å². The molecular weight excluding hydrogens is 322 g/mol. The third-order valence-electron chi connectivity index (χ3n) is 5.59. The van der Waals surface area contributed by atoms with Crippen molar-refractivity contribution in [3.05, 3.63) is 29.7 Å². The van der Waals surface area contributed by atoms with Gasteiger partial charge in [0.1, 0.15) is 5.56 Å². The molecule has 2 atom stereocenters. The Balaban J connectivity index is 1.51. The summed E-state index contributed by atoms with van der Waals surface area (Å²) in [5.41, 5.74) is 1.36. The van der Waals surface area contributed by atoms with Gasteiger partial charge in [0.25, 0.3) is 5.91 Å². The van der Waals surface area contributed by atoms with Gasteiger partial charge in [0.05, 0.1) is 25.3 Å². The van der Waals surface area contributed by atoms with Gasteiger partial charge < -0.3 is 14.5 Å². The van der Waals surface area contributed by atoms with Crippen molar-refractivity contribution in [3.63, 3.8) is 0 Å². The summed E-state index contributed by atoms with van der Waals surface area (Å²) in [4.78, 5) is 33.6. The molecule has 8 nitrogen and oxygen atoms in total. The molecule has 3 aliphatic rings. The van der Waals surface area contributed by atoms with Gasteiger partial charge in [-0.1, -0.05) is 0 Å². The quantitative estimate of drug-likeness (QED) is 0.759. The first-order valence-electron chi connectivity index (χ1n) is 8.65. The molecule has 0 unspecified atom stereocenters. The molecule has 130 valence electrons. The Labute approximate surface area is 144 Å². The number of hydrogen-bond donors (Lipinski definition) is 0. The molecule has 0 aromatic carbocycles. The molecule has 2 amide bonds. The maximum Gasteiger partial charge on any atom is 0.259 e. The maximum atomic E-state index is 13.2. The third-order valence-corrected chi connectivity index (χ3v) is 5.59. The van der Waals surface area contributed by atoms with Gasteiger partial charge in [-0.05, 0) is 18.9 Å². The lowest BCUT2D eigenvalue weighted by Gasteiger charge is -2.42. The summed E-state index contributed by atoms with van der Waals surface area (Å²) in [6, 6.07) is -0.229. The minimum absolute atomic E-state index is 0.0795. The first-order chi connectivity index (χ1) is 12.1. The van der Waals surface area contributed by atoms with Crippen molar-refractivity contribution in [2.75, 3.05) is 19.7 Å². The highest BCUT2D eigenvalue weighted by Gasteiger charge is 2.61. The monoisotopic (exact) mass is 341 g/mol. The standard InChI is InChI=1S/C17H19N5O3/c1-11-8-18-15-12(9-19-22(15)10-11)16(24)20-5-3-17-13(20)7-14(23)21(17)4-2-6-25-17/h8-10,13H,2-7H2,1H3/t13-,17+/m1/s1. The van der Waals surface area contributed by atoms with Gasteiger partial charge in [-0.3, -0.25) is 9.59 Å². The van der Waals surface area contributed by atoms with Gasteiger partial charge in [0.2, 0.25) is 5.91 Å². The molecule has 2 aromatic rings. The first-order valence-corrected chi connectivity index (χ1v) is 8.65. The number of rotatable bonds is 1. The summed E-state index contributed by atoms with van der Waals surface area (Å²) >= 11 is 0. The summed E-state index contributed by atoms with van der Waals surface area (Å²) in [5.74, 6) is -0.0483. The number of carbonyl (C=O) groups is 2. The molecule has 3 fully saturated rings. The molecule has 1 spiro atoms. The van der Waals surface area contributed by atoms with E-state index in [1.54, 1.807) is 21.8 Å². The predicted molar refractivity (Wildman–Crippen MR) is 86.8 cm³/mol. The number of aromatic nitrogens is 3. The molecule has 5 rings (SSSR count). The van der Waals surface area contributed by atoms with Crippen molar-refractivity contribution >= 4 is 17.5 Å². The third kappa shape index (κ3) is 1.91. The Hall–Kier alpha value is -2.48. The van der Waals surface area contributed by atoms with Crippen LogP contribution in [0.1, 0.15) is 35.2 Å². The van der Waals surface area contributed by atoms with Crippen molar-refractivity contribution in [1.29, 1.82) is 0 Å². The second-order valence-corrected chi connectivity index (χ2v) is 7.02. The van der Waals surface area contributed by atoms with Crippen LogP contribution in [0.3, 0.4) is 0 Å². The average Bonchev–Trinajstić information content (AvgIpc) is 3.24. The summed E-state index contributed by atoms with van der Waals surface area (Å²) in [6.07, 6.45) is 6.98. The summed E-state index contributed by atoms with van der Waals surface area (Å²) in [7, 11) is 0. The van der Waals surface area contributed by atoms with Crippen LogP contribution < -0.4 is 0 Å². The fraction of sp³-hybridized carbons (Fsp3) is 0.529. The van der Waals surface area contributed by atoms with Crippen LogP contribution in [0.5, 0.6) is 0 Å². The van der Waals surface area contributed by atoms with Crippen molar-refractivity contribution in [3.8, 4) is 0 Å².